The second kappa shape index (κ2) is 5.96. The van der Waals surface area contributed by atoms with Crippen molar-refractivity contribution in [2.75, 3.05) is 23.3 Å². The van der Waals surface area contributed by atoms with Gasteiger partial charge in [0.1, 0.15) is 0 Å². The smallest absolute Gasteiger partial charge is 0.230 e. The monoisotopic (exact) mass is 319 g/mol. The molecule has 6 nitrogen and oxygen atoms in total. The molecule has 2 aromatic rings. The molecule has 0 bridgehead atoms. The summed E-state index contributed by atoms with van der Waals surface area (Å²) in [5.41, 5.74) is 1.82. The number of para-hydroxylation sites is 1. The Labute approximate surface area is 134 Å². The summed E-state index contributed by atoms with van der Waals surface area (Å²) >= 11 is 6.22. The summed E-state index contributed by atoms with van der Waals surface area (Å²) in [7, 11) is 1.80. The van der Waals surface area contributed by atoms with Gasteiger partial charge in [-0.25, -0.2) is 0 Å². The summed E-state index contributed by atoms with van der Waals surface area (Å²) < 4.78 is 1.64. The molecule has 1 aromatic carbocycles. The minimum absolute atomic E-state index is 0.0156. The molecule has 1 aromatic heterocycles. The highest BCUT2D eigenvalue weighted by Gasteiger charge is 2.30. The Balaban J connectivity index is 1.66. The molecule has 0 spiro atoms. The summed E-state index contributed by atoms with van der Waals surface area (Å²) in [4.78, 5) is 14.5. The van der Waals surface area contributed by atoms with Crippen LogP contribution in [0.5, 0.6) is 0 Å². The first-order valence-electron chi connectivity index (χ1n) is 7.23. The fourth-order valence-electron chi connectivity index (χ4n) is 2.64. The highest BCUT2D eigenvalue weighted by Crippen LogP contribution is 2.30. The van der Waals surface area contributed by atoms with E-state index in [2.05, 4.69) is 20.5 Å². The van der Waals surface area contributed by atoms with E-state index in [1.807, 2.05) is 31.2 Å². The summed E-state index contributed by atoms with van der Waals surface area (Å²) in [6, 6.07) is 7.71. The number of nitrogens with one attached hydrogen (secondary N) is 1. The van der Waals surface area contributed by atoms with Crippen molar-refractivity contribution in [2.45, 2.75) is 13.3 Å². The van der Waals surface area contributed by atoms with Crippen molar-refractivity contribution in [1.29, 1.82) is 0 Å². The maximum absolute atomic E-state index is 12.4. The third-order valence-electron chi connectivity index (χ3n) is 4.10. The number of hydrogen-bond acceptors (Lipinski definition) is 4. The van der Waals surface area contributed by atoms with Crippen LogP contribution in [-0.2, 0) is 11.8 Å². The summed E-state index contributed by atoms with van der Waals surface area (Å²) in [5.74, 6) is 0.444. The molecular weight excluding hydrogens is 302 g/mol. The van der Waals surface area contributed by atoms with E-state index in [9.17, 15) is 4.79 Å². The fourth-order valence-corrected chi connectivity index (χ4v) is 2.90. The first-order chi connectivity index (χ1) is 10.6. The molecule has 2 heterocycles. The molecule has 0 radical (unpaired) electrons. The first kappa shape index (κ1) is 14.8. The Morgan fingerprint density at radius 2 is 2.18 bits per heavy atom. The minimum Gasteiger partial charge on any atom is -0.370 e. The summed E-state index contributed by atoms with van der Waals surface area (Å²) in [6.07, 6.45) is 0.802. The number of hydrogen-bond donors (Lipinski definition) is 1. The van der Waals surface area contributed by atoms with Crippen molar-refractivity contribution in [3.05, 3.63) is 35.0 Å². The van der Waals surface area contributed by atoms with E-state index in [1.54, 1.807) is 11.7 Å². The average Bonchev–Trinajstić information content (AvgIpc) is 3.10. The van der Waals surface area contributed by atoms with Crippen molar-refractivity contribution in [2.24, 2.45) is 13.0 Å². The predicted molar refractivity (Wildman–Crippen MR) is 86.1 cm³/mol. The largest absolute Gasteiger partial charge is 0.370 e. The number of nitrogens with zero attached hydrogens (tertiary/aromatic N) is 4. The van der Waals surface area contributed by atoms with Crippen molar-refractivity contribution in [1.82, 2.24) is 15.0 Å². The van der Waals surface area contributed by atoms with Gasteiger partial charge in [0.2, 0.25) is 5.91 Å². The highest BCUT2D eigenvalue weighted by atomic mass is 35.5. The fraction of sp³-hybridized carbons (Fsp3) is 0.400. The zero-order valence-electron chi connectivity index (χ0n) is 12.6. The molecule has 1 aliphatic rings. The first-order valence-corrected chi connectivity index (χ1v) is 7.60. The van der Waals surface area contributed by atoms with Crippen LogP contribution in [0.4, 0.5) is 11.5 Å². The van der Waals surface area contributed by atoms with Gasteiger partial charge in [0, 0.05) is 20.1 Å². The van der Waals surface area contributed by atoms with Gasteiger partial charge in [-0.1, -0.05) is 28.9 Å². The molecule has 1 atom stereocenters. The van der Waals surface area contributed by atoms with Crippen LogP contribution in [0.1, 0.15) is 12.1 Å². The molecule has 1 unspecified atom stereocenters. The third-order valence-corrected chi connectivity index (χ3v) is 4.42. The molecule has 1 amide bonds. The zero-order valence-corrected chi connectivity index (χ0v) is 13.3. The van der Waals surface area contributed by atoms with Gasteiger partial charge in [0.25, 0.3) is 0 Å². The van der Waals surface area contributed by atoms with Crippen LogP contribution in [0.2, 0.25) is 5.02 Å². The lowest BCUT2D eigenvalue weighted by Crippen LogP contribution is -2.27. The standard InChI is InChI=1S/C15H18ClN5O/c1-10-14(18-19-20(10)2)17-15(22)11-7-8-21(9-11)13-6-4-3-5-12(13)16/h3-6,11H,7-9H2,1-2H3,(H,17,22). The zero-order chi connectivity index (χ0) is 15.7. The van der Waals surface area contributed by atoms with Gasteiger partial charge in [-0.3, -0.25) is 9.48 Å². The second-order valence-corrected chi connectivity index (χ2v) is 5.93. The lowest BCUT2D eigenvalue weighted by atomic mass is 10.1. The second-order valence-electron chi connectivity index (χ2n) is 5.52. The van der Waals surface area contributed by atoms with E-state index in [-0.39, 0.29) is 11.8 Å². The van der Waals surface area contributed by atoms with E-state index in [1.165, 1.54) is 0 Å². The lowest BCUT2D eigenvalue weighted by molar-refractivity contribution is -0.119. The minimum atomic E-state index is -0.0716. The van der Waals surface area contributed by atoms with Gasteiger partial charge in [-0.15, -0.1) is 5.10 Å². The number of aromatic nitrogens is 3. The Bertz CT molecular complexity index is 699. The number of benzene rings is 1. The number of rotatable bonds is 3. The summed E-state index contributed by atoms with van der Waals surface area (Å²) in [5, 5.41) is 11.4. The maximum Gasteiger partial charge on any atom is 0.230 e. The maximum atomic E-state index is 12.4. The lowest BCUT2D eigenvalue weighted by Gasteiger charge is -2.19. The number of anilines is 2. The molecule has 1 aliphatic heterocycles. The molecule has 7 heteroatoms. The highest BCUT2D eigenvalue weighted by molar-refractivity contribution is 6.33. The van der Waals surface area contributed by atoms with E-state index >= 15 is 0 Å². The normalized spacial score (nSPS) is 17.8. The van der Waals surface area contributed by atoms with Crippen molar-refractivity contribution in [3.63, 3.8) is 0 Å². The Morgan fingerprint density at radius 1 is 1.41 bits per heavy atom. The molecule has 22 heavy (non-hydrogen) atoms. The van der Waals surface area contributed by atoms with Gasteiger partial charge in [-0.2, -0.15) is 0 Å². The topological polar surface area (TPSA) is 63.1 Å². The van der Waals surface area contributed by atoms with Crippen LogP contribution in [0, 0.1) is 12.8 Å². The van der Waals surface area contributed by atoms with Crippen molar-refractivity contribution < 1.29 is 4.79 Å². The molecule has 0 aliphatic carbocycles. The Hall–Kier alpha value is -2.08. The van der Waals surface area contributed by atoms with Gasteiger partial charge < -0.3 is 10.2 Å². The van der Waals surface area contributed by atoms with E-state index in [0.717, 1.165) is 24.3 Å². The number of carbonyl (C=O) groups is 1. The SMILES string of the molecule is Cc1c(NC(=O)C2CCN(c3ccccc3Cl)C2)nnn1C. The molecule has 1 saturated heterocycles. The van der Waals surface area contributed by atoms with E-state index in [0.29, 0.717) is 17.4 Å². The van der Waals surface area contributed by atoms with Crippen molar-refractivity contribution in [3.8, 4) is 0 Å². The number of halogens is 1. The molecule has 1 fully saturated rings. The molecule has 3 rings (SSSR count). The third kappa shape index (κ3) is 2.78. The Morgan fingerprint density at radius 3 is 2.86 bits per heavy atom. The van der Waals surface area contributed by atoms with Gasteiger partial charge in [0.05, 0.1) is 22.3 Å². The molecular formula is C15H18ClN5O. The Kier molecular flexibility index (Phi) is 4.02. The average molecular weight is 320 g/mol. The van der Waals surface area contributed by atoms with Crippen LogP contribution >= 0.6 is 11.6 Å². The quantitative estimate of drug-likeness (QED) is 0.942. The van der Waals surface area contributed by atoms with Gasteiger partial charge in [0.15, 0.2) is 5.82 Å². The van der Waals surface area contributed by atoms with E-state index in [4.69, 9.17) is 11.6 Å². The van der Waals surface area contributed by atoms with Crippen LogP contribution in [0.25, 0.3) is 0 Å². The van der Waals surface area contributed by atoms with Crippen molar-refractivity contribution >= 4 is 29.0 Å². The van der Waals surface area contributed by atoms with Crippen LogP contribution in [-0.4, -0.2) is 34.0 Å². The van der Waals surface area contributed by atoms with Crippen LogP contribution in [0.3, 0.4) is 0 Å². The number of amides is 1. The van der Waals surface area contributed by atoms with Gasteiger partial charge >= 0.3 is 0 Å². The molecule has 116 valence electrons. The van der Waals surface area contributed by atoms with Gasteiger partial charge in [-0.05, 0) is 25.5 Å². The van der Waals surface area contributed by atoms with E-state index < -0.39 is 0 Å². The molecule has 1 N–H and O–H groups in total. The van der Waals surface area contributed by atoms with Crippen LogP contribution < -0.4 is 10.2 Å². The van der Waals surface area contributed by atoms with Crippen LogP contribution in [0.15, 0.2) is 24.3 Å². The number of aryl methyl sites for hydroxylation is 1. The number of carbonyl (C=O) groups excluding carboxylic acids is 1. The summed E-state index contributed by atoms with van der Waals surface area (Å²) in [6.45, 7) is 3.36. The molecule has 0 saturated carbocycles. The predicted octanol–water partition coefficient (Wildman–Crippen LogP) is 2.24.